The van der Waals surface area contributed by atoms with Gasteiger partial charge in [-0.25, -0.2) is 4.79 Å². The van der Waals surface area contributed by atoms with E-state index in [1.807, 2.05) is 24.3 Å². The maximum atomic E-state index is 13.4. The van der Waals surface area contributed by atoms with Crippen LogP contribution < -0.4 is 0 Å². The van der Waals surface area contributed by atoms with Crippen molar-refractivity contribution >= 4 is 11.9 Å². The van der Waals surface area contributed by atoms with E-state index in [0.29, 0.717) is 37.2 Å². The second kappa shape index (κ2) is 9.25. The minimum absolute atomic E-state index is 0.000888. The van der Waals surface area contributed by atoms with Crippen molar-refractivity contribution in [3.05, 3.63) is 95.1 Å². The number of carbonyl (C=O) groups is 2. The normalized spacial score (nSPS) is 22.3. The van der Waals surface area contributed by atoms with Gasteiger partial charge in [0.1, 0.15) is 6.61 Å². The Morgan fingerprint density at radius 3 is 2.11 bits per heavy atom. The van der Waals surface area contributed by atoms with Crippen molar-refractivity contribution in [1.29, 1.82) is 5.26 Å². The zero-order valence-electron chi connectivity index (χ0n) is 19.8. The van der Waals surface area contributed by atoms with Crippen molar-refractivity contribution in [2.75, 3.05) is 19.8 Å². The van der Waals surface area contributed by atoms with Gasteiger partial charge in [-0.05, 0) is 41.2 Å². The van der Waals surface area contributed by atoms with Gasteiger partial charge >= 0.3 is 6.09 Å². The molecule has 2 aliphatic heterocycles. The lowest BCUT2D eigenvalue weighted by molar-refractivity contribution is -0.0747. The first-order valence-corrected chi connectivity index (χ1v) is 12.4. The number of piperidine rings is 1. The highest BCUT2D eigenvalue weighted by Crippen LogP contribution is 2.44. The first-order valence-electron chi connectivity index (χ1n) is 12.4. The highest BCUT2D eigenvalue weighted by molar-refractivity contribution is 6.00. The van der Waals surface area contributed by atoms with E-state index in [0.717, 1.165) is 0 Å². The van der Waals surface area contributed by atoms with Gasteiger partial charge in [0.2, 0.25) is 0 Å². The second-order valence-corrected chi connectivity index (χ2v) is 9.75. The van der Waals surface area contributed by atoms with Crippen LogP contribution in [-0.2, 0) is 9.47 Å². The van der Waals surface area contributed by atoms with Crippen LogP contribution in [0.2, 0.25) is 0 Å². The highest BCUT2D eigenvalue weighted by Gasteiger charge is 2.45. The van der Waals surface area contributed by atoms with Crippen LogP contribution in [0.4, 0.5) is 4.79 Å². The third-order valence-corrected chi connectivity index (χ3v) is 7.75. The average molecular weight is 479 g/mol. The summed E-state index contributed by atoms with van der Waals surface area (Å²) in [7, 11) is 0. The molecule has 3 aromatic rings. The Labute approximate surface area is 210 Å². The fraction of sp³-hybridized carbons (Fsp3) is 0.300. The fourth-order valence-corrected chi connectivity index (χ4v) is 6.11. The van der Waals surface area contributed by atoms with Crippen molar-refractivity contribution in [2.24, 2.45) is 5.92 Å². The monoisotopic (exact) mass is 478 g/mol. The Morgan fingerprint density at radius 2 is 1.47 bits per heavy atom. The zero-order valence-corrected chi connectivity index (χ0v) is 19.8. The number of Topliss-reactive ketones (excluding diaryl/α,β-unsaturated/α-hetero) is 1. The van der Waals surface area contributed by atoms with Gasteiger partial charge in [-0.3, -0.25) is 9.69 Å². The Balaban J connectivity index is 1.17. The second-order valence-electron chi connectivity index (χ2n) is 9.75. The van der Waals surface area contributed by atoms with Gasteiger partial charge < -0.3 is 9.47 Å². The van der Waals surface area contributed by atoms with Crippen LogP contribution in [0.15, 0.2) is 72.8 Å². The zero-order chi connectivity index (χ0) is 24.6. The fourth-order valence-electron chi connectivity index (χ4n) is 6.11. The van der Waals surface area contributed by atoms with E-state index in [1.165, 1.54) is 22.3 Å². The molecule has 0 aromatic heterocycles. The van der Waals surface area contributed by atoms with E-state index in [2.05, 4.69) is 30.3 Å². The molecule has 0 radical (unpaired) electrons. The molecular weight excluding hydrogens is 452 g/mol. The van der Waals surface area contributed by atoms with Crippen molar-refractivity contribution in [3.63, 3.8) is 0 Å². The van der Waals surface area contributed by atoms with Gasteiger partial charge in [0.15, 0.2) is 5.78 Å². The van der Waals surface area contributed by atoms with Crippen molar-refractivity contribution in [2.45, 2.75) is 30.8 Å². The third kappa shape index (κ3) is 3.77. The lowest BCUT2D eigenvalue weighted by Crippen LogP contribution is -2.60. The number of rotatable bonds is 4. The molecule has 36 heavy (non-hydrogen) atoms. The number of ether oxygens (including phenoxy) is 2. The number of hydrogen-bond donors (Lipinski definition) is 0. The van der Waals surface area contributed by atoms with Crippen LogP contribution in [0.25, 0.3) is 11.1 Å². The van der Waals surface area contributed by atoms with E-state index < -0.39 is 0 Å². The molecule has 1 amide bonds. The number of amides is 1. The maximum absolute atomic E-state index is 13.4. The largest absolute Gasteiger partial charge is 0.448 e. The minimum atomic E-state index is -0.349. The van der Waals surface area contributed by atoms with Crippen LogP contribution in [0.1, 0.15) is 45.8 Å². The number of hydrogen-bond acceptors (Lipinski definition) is 5. The molecule has 180 valence electrons. The molecule has 2 unspecified atom stereocenters. The van der Waals surface area contributed by atoms with Crippen molar-refractivity contribution < 1.29 is 19.1 Å². The molecule has 1 aliphatic carbocycles. The molecule has 6 nitrogen and oxygen atoms in total. The predicted octanol–water partition coefficient (Wildman–Crippen LogP) is 5.17. The summed E-state index contributed by atoms with van der Waals surface area (Å²) in [6.07, 6.45) is 0.650. The van der Waals surface area contributed by atoms with E-state index in [4.69, 9.17) is 9.47 Å². The Kier molecular flexibility index (Phi) is 5.79. The van der Waals surface area contributed by atoms with Gasteiger partial charge in [-0.1, -0.05) is 66.7 Å². The van der Waals surface area contributed by atoms with Crippen LogP contribution in [0, 0.1) is 17.2 Å². The number of ketones is 1. The summed E-state index contributed by atoms with van der Waals surface area (Å²) in [6.45, 7) is 1.02. The topological polar surface area (TPSA) is 79.6 Å². The summed E-state index contributed by atoms with van der Waals surface area (Å²) < 4.78 is 11.7. The van der Waals surface area contributed by atoms with E-state index >= 15 is 0 Å². The highest BCUT2D eigenvalue weighted by atomic mass is 16.6. The molecule has 2 saturated heterocycles. The van der Waals surface area contributed by atoms with Crippen molar-refractivity contribution in [3.8, 4) is 17.2 Å². The number of fused-ring (bicyclic) bond motifs is 5. The maximum Gasteiger partial charge on any atom is 0.410 e. The molecule has 0 spiro atoms. The summed E-state index contributed by atoms with van der Waals surface area (Å²) in [5.74, 6) is -0.286. The molecule has 2 fully saturated rings. The minimum Gasteiger partial charge on any atom is -0.448 e. The smallest absolute Gasteiger partial charge is 0.410 e. The number of morpholine rings is 1. The van der Waals surface area contributed by atoms with Crippen LogP contribution >= 0.6 is 0 Å². The predicted molar refractivity (Wildman–Crippen MR) is 134 cm³/mol. The van der Waals surface area contributed by atoms with Gasteiger partial charge in [-0.15, -0.1) is 0 Å². The van der Waals surface area contributed by atoms with Crippen LogP contribution in [-0.4, -0.2) is 48.7 Å². The molecule has 2 atom stereocenters. The molecule has 0 saturated carbocycles. The first-order chi connectivity index (χ1) is 17.7. The molecular formula is C30H26N2O4. The van der Waals surface area contributed by atoms with Gasteiger partial charge in [0.25, 0.3) is 0 Å². The number of benzene rings is 3. The number of nitrogens with zero attached hydrogens (tertiary/aromatic N) is 2. The quantitative estimate of drug-likeness (QED) is 0.484. The molecule has 6 heteroatoms. The average Bonchev–Trinajstić information content (AvgIpc) is 3.24. The Morgan fingerprint density at radius 1 is 0.889 bits per heavy atom. The Bertz CT molecular complexity index is 1320. The molecule has 2 bridgehead atoms. The van der Waals surface area contributed by atoms with Gasteiger partial charge in [-0.2, -0.15) is 5.26 Å². The van der Waals surface area contributed by atoms with Crippen LogP contribution in [0.5, 0.6) is 0 Å². The lowest BCUT2D eigenvalue weighted by Gasteiger charge is -2.47. The number of nitriles is 1. The number of carbonyl (C=O) groups excluding carboxylic acids is 2. The summed E-state index contributed by atoms with van der Waals surface area (Å²) in [6, 6.07) is 25.1. The molecule has 6 rings (SSSR count). The van der Waals surface area contributed by atoms with Gasteiger partial charge in [0, 0.05) is 17.4 Å². The molecule has 3 aliphatic rings. The molecule has 0 N–H and O–H groups in total. The van der Waals surface area contributed by atoms with E-state index in [9.17, 15) is 14.9 Å². The standard InChI is InChI=1S/C30H26N2O4/c31-15-19-7-1-2-8-23(19)29(33)20-13-21-16-35-17-22(14-20)32(21)30(34)36-18-28-26-11-5-3-9-24(26)25-10-4-6-12-27(25)28/h1-12,20-22,28H,13-14,16-18H2. The summed E-state index contributed by atoms with van der Waals surface area (Å²) >= 11 is 0. The molecule has 2 heterocycles. The first kappa shape index (κ1) is 22.5. The van der Waals surface area contributed by atoms with Gasteiger partial charge in [0.05, 0.1) is 36.9 Å². The summed E-state index contributed by atoms with van der Waals surface area (Å²) in [4.78, 5) is 28.4. The van der Waals surface area contributed by atoms with Crippen LogP contribution in [0.3, 0.4) is 0 Å². The van der Waals surface area contributed by atoms with E-state index in [-0.39, 0.29) is 42.4 Å². The molecule has 3 aromatic carbocycles. The third-order valence-electron chi connectivity index (χ3n) is 7.75. The van der Waals surface area contributed by atoms with Crippen molar-refractivity contribution in [1.82, 2.24) is 4.90 Å². The lowest BCUT2D eigenvalue weighted by atomic mass is 9.80. The summed E-state index contributed by atoms with van der Waals surface area (Å²) in [5.41, 5.74) is 5.58. The Hall–Kier alpha value is -3.95. The SMILES string of the molecule is N#Cc1ccccc1C(=O)C1CC2COCC(C1)N2C(=O)OCC1c2ccccc2-c2ccccc21. The summed E-state index contributed by atoms with van der Waals surface area (Å²) in [5, 5.41) is 9.42. The van der Waals surface area contributed by atoms with E-state index in [1.54, 1.807) is 29.2 Å².